The van der Waals surface area contributed by atoms with Crippen LogP contribution in [0.5, 0.6) is 11.6 Å². The van der Waals surface area contributed by atoms with Crippen LogP contribution in [0.15, 0.2) is 18.3 Å². The van der Waals surface area contributed by atoms with E-state index in [1.165, 1.54) is 5.56 Å². The maximum absolute atomic E-state index is 5.93. The number of nitrogens with one attached hydrogen (secondary N) is 1. The summed E-state index contributed by atoms with van der Waals surface area (Å²) in [4.78, 5) is 4.30. The zero-order valence-electron chi connectivity index (χ0n) is 13.5. The molecule has 2 rings (SSSR count). The van der Waals surface area contributed by atoms with Crippen LogP contribution in [0.2, 0.25) is 0 Å². The van der Waals surface area contributed by atoms with Crippen molar-refractivity contribution >= 4 is 0 Å². The van der Waals surface area contributed by atoms with Gasteiger partial charge >= 0.3 is 0 Å². The van der Waals surface area contributed by atoms with Crippen LogP contribution in [-0.4, -0.2) is 21.3 Å². The first-order valence-electron chi connectivity index (χ1n) is 7.40. The Labute approximate surface area is 126 Å². The molecule has 0 aliphatic heterocycles. The van der Waals surface area contributed by atoms with E-state index in [0.717, 1.165) is 30.1 Å². The summed E-state index contributed by atoms with van der Waals surface area (Å²) in [6.07, 6.45) is 2.91. The zero-order chi connectivity index (χ0) is 15.4. The number of hydrogen-bond acceptors (Lipinski definition) is 4. The summed E-state index contributed by atoms with van der Waals surface area (Å²) in [7, 11) is 1.91. The summed E-state index contributed by atoms with van der Waals surface area (Å²) >= 11 is 0. The lowest BCUT2D eigenvalue weighted by Gasteiger charge is -2.14. The van der Waals surface area contributed by atoms with E-state index in [4.69, 9.17) is 4.74 Å². The third-order valence-electron chi connectivity index (χ3n) is 3.61. The molecular formula is C16H24N4O. The second-order valence-electron chi connectivity index (χ2n) is 5.33. The van der Waals surface area contributed by atoms with Crippen molar-refractivity contribution in [3.05, 3.63) is 35.3 Å². The third-order valence-corrected chi connectivity index (χ3v) is 3.61. The molecule has 2 heterocycles. The highest BCUT2D eigenvalue weighted by atomic mass is 16.5. The summed E-state index contributed by atoms with van der Waals surface area (Å²) in [6, 6.07) is 4.29. The molecule has 21 heavy (non-hydrogen) atoms. The lowest BCUT2D eigenvalue weighted by Crippen LogP contribution is -2.19. The Morgan fingerprint density at radius 3 is 2.76 bits per heavy atom. The number of nitrogens with zero attached hydrogens (tertiary/aromatic N) is 3. The van der Waals surface area contributed by atoms with Crippen LogP contribution in [0.4, 0.5) is 0 Å². The van der Waals surface area contributed by atoms with E-state index in [9.17, 15) is 0 Å². The van der Waals surface area contributed by atoms with Gasteiger partial charge in [-0.3, -0.25) is 4.68 Å². The number of hydrogen-bond donors (Lipinski definition) is 1. The molecule has 2 aromatic rings. The predicted octanol–water partition coefficient (Wildman–Crippen LogP) is 3.28. The third kappa shape index (κ3) is 3.61. The Morgan fingerprint density at radius 1 is 1.38 bits per heavy atom. The molecule has 5 nitrogen and oxygen atoms in total. The topological polar surface area (TPSA) is 52.0 Å². The van der Waals surface area contributed by atoms with Crippen LogP contribution >= 0.6 is 0 Å². The molecule has 1 unspecified atom stereocenters. The van der Waals surface area contributed by atoms with Gasteiger partial charge in [0.05, 0.1) is 5.69 Å². The number of rotatable bonds is 6. The van der Waals surface area contributed by atoms with E-state index >= 15 is 0 Å². The minimum absolute atomic E-state index is 0.284. The monoisotopic (exact) mass is 288 g/mol. The Hall–Kier alpha value is -1.88. The SMILES string of the molecule is CCCNC(C)c1ccnc(Oc2c(C)nn(C)c2C)c1. The predicted molar refractivity (Wildman–Crippen MR) is 83.7 cm³/mol. The molecule has 0 saturated carbocycles. The smallest absolute Gasteiger partial charge is 0.219 e. The van der Waals surface area contributed by atoms with Gasteiger partial charge < -0.3 is 10.1 Å². The Kier molecular flexibility index (Phi) is 4.96. The van der Waals surface area contributed by atoms with E-state index < -0.39 is 0 Å². The molecule has 0 bridgehead atoms. The first-order valence-corrected chi connectivity index (χ1v) is 7.40. The summed E-state index contributed by atoms with van der Waals surface area (Å²) in [5, 5.41) is 7.82. The van der Waals surface area contributed by atoms with Crippen molar-refractivity contribution in [3.63, 3.8) is 0 Å². The number of pyridine rings is 1. The fourth-order valence-corrected chi connectivity index (χ4v) is 2.24. The molecule has 2 aromatic heterocycles. The fourth-order valence-electron chi connectivity index (χ4n) is 2.24. The Morgan fingerprint density at radius 2 is 2.14 bits per heavy atom. The normalized spacial score (nSPS) is 12.4. The molecular weight excluding hydrogens is 264 g/mol. The summed E-state index contributed by atoms with van der Waals surface area (Å²) in [5.41, 5.74) is 3.05. The van der Waals surface area contributed by atoms with Gasteiger partial charge in [-0.2, -0.15) is 5.10 Å². The van der Waals surface area contributed by atoms with Crippen LogP contribution < -0.4 is 10.1 Å². The largest absolute Gasteiger partial charge is 0.435 e. The average Bonchev–Trinajstić information content (AvgIpc) is 2.71. The van der Waals surface area contributed by atoms with Crippen molar-refractivity contribution < 1.29 is 4.74 Å². The van der Waals surface area contributed by atoms with Crippen molar-refractivity contribution in [3.8, 4) is 11.6 Å². The van der Waals surface area contributed by atoms with Gasteiger partial charge in [-0.1, -0.05) is 6.92 Å². The number of aryl methyl sites for hydroxylation is 2. The average molecular weight is 288 g/mol. The maximum atomic E-state index is 5.93. The lowest BCUT2D eigenvalue weighted by atomic mass is 10.1. The van der Waals surface area contributed by atoms with Crippen molar-refractivity contribution in [2.24, 2.45) is 7.05 Å². The number of aromatic nitrogens is 3. The Balaban J connectivity index is 2.17. The van der Waals surface area contributed by atoms with E-state index in [1.54, 1.807) is 6.20 Å². The van der Waals surface area contributed by atoms with Gasteiger partial charge in [0.1, 0.15) is 5.69 Å². The van der Waals surface area contributed by atoms with Gasteiger partial charge in [0.2, 0.25) is 5.88 Å². The minimum Gasteiger partial charge on any atom is -0.435 e. The van der Waals surface area contributed by atoms with Gasteiger partial charge in [-0.15, -0.1) is 0 Å². The quantitative estimate of drug-likeness (QED) is 0.886. The highest BCUT2D eigenvalue weighted by Gasteiger charge is 2.13. The highest BCUT2D eigenvalue weighted by Crippen LogP contribution is 2.27. The first kappa shape index (κ1) is 15.5. The molecule has 0 saturated heterocycles. The second kappa shape index (κ2) is 6.72. The summed E-state index contributed by atoms with van der Waals surface area (Å²) in [6.45, 7) is 9.24. The molecule has 0 aliphatic carbocycles. The number of ether oxygens (including phenoxy) is 1. The molecule has 5 heteroatoms. The van der Waals surface area contributed by atoms with E-state index in [-0.39, 0.29) is 6.04 Å². The molecule has 0 aliphatic rings. The van der Waals surface area contributed by atoms with Gasteiger partial charge in [0, 0.05) is 25.4 Å². The van der Waals surface area contributed by atoms with E-state index in [0.29, 0.717) is 5.88 Å². The standard InChI is InChI=1S/C16H24N4O/c1-6-8-17-11(2)14-7-9-18-15(10-14)21-16-12(3)19-20(5)13(16)4/h7,9-11,17H,6,8H2,1-5H3. The van der Waals surface area contributed by atoms with Gasteiger partial charge in [-0.25, -0.2) is 4.98 Å². The van der Waals surface area contributed by atoms with Crippen molar-refractivity contribution in [1.29, 1.82) is 0 Å². The highest BCUT2D eigenvalue weighted by molar-refractivity contribution is 5.36. The van der Waals surface area contributed by atoms with Gasteiger partial charge in [0.15, 0.2) is 5.75 Å². The molecule has 114 valence electrons. The Bertz CT molecular complexity index is 606. The van der Waals surface area contributed by atoms with E-state index in [2.05, 4.69) is 29.2 Å². The second-order valence-corrected chi connectivity index (χ2v) is 5.33. The van der Waals surface area contributed by atoms with Gasteiger partial charge in [0.25, 0.3) is 0 Å². The van der Waals surface area contributed by atoms with Crippen LogP contribution in [0.25, 0.3) is 0 Å². The van der Waals surface area contributed by atoms with Crippen molar-refractivity contribution in [2.45, 2.75) is 40.2 Å². The van der Waals surface area contributed by atoms with Gasteiger partial charge in [-0.05, 0) is 45.4 Å². The molecule has 1 N–H and O–H groups in total. The van der Waals surface area contributed by atoms with Crippen molar-refractivity contribution in [2.75, 3.05) is 6.54 Å². The zero-order valence-corrected chi connectivity index (χ0v) is 13.5. The van der Waals surface area contributed by atoms with Crippen LogP contribution in [0.1, 0.15) is 43.3 Å². The molecule has 0 aromatic carbocycles. The fraction of sp³-hybridized carbons (Fsp3) is 0.500. The maximum Gasteiger partial charge on any atom is 0.219 e. The summed E-state index contributed by atoms with van der Waals surface area (Å²) in [5.74, 6) is 1.40. The molecule has 0 amide bonds. The molecule has 0 radical (unpaired) electrons. The first-order chi connectivity index (χ1) is 10.0. The van der Waals surface area contributed by atoms with E-state index in [1.807, 2.05) is 37.7 Å². The van der Waals surface area contributed by atoms with Crippen LogP contribution in [0, 0.1) is 13.8 Å². The summed E-state index contributed by atoms with van der Waals surface area (Å²) < 4.78 is 7.75. The lowest BCUT2D eigenvalue weighted by molar-refractivity contribution is 0.452. The minimum atomic E-state index is 0.284. The van der Waals surface area contributed by atoms with Crippen LogP contribution in [0.3, 0.4) is 0 Å². The molecule has 0 fully saturated rings. The van der Waals surface area contributed by atoms with Crippen molar-refractivity contribution in [1.82, 2.24) is 20.1 Å². The van der Waals surface area contributed by atoms with Crippen LogP contribution in [-0.2, 0) is 7.05 Å². The molecule has 1 atom stereocenters. The molecule has 0 spiro atoms.